The average molecular weight is 420 g/mol. The minimum absolute atomic E-state index is 0.0240. The molecule has 0 bridgehead atoms. The Bertz CT molecular complexity index is 843. The number of aromatic nitrogens is 1. The lowest BCUT2D eigenvalue weighted by atomic mass is 9.98. The molecule has 1 aliphatic rings. The summed E-state index contributed by atoms with van der Waals surface area (Å²) in [6.45, 7) is 1.16. The first-order valence-corrected chi connectivity index (χ1v) is 10.4. The summed E-state index contributed by atoms with van der Waals surface area (Å²) in [5.41, 5.74) is 1.01. The third-order valence-electron chi connectivity index (χ3n) is 5.09. The summed E-state index contributed by atoms with van der Waals surface area (Å²) < 4.78 is 10.5. The van der Waals surface area contributed by atoms with E-state index in [-0.39, 0.29) is 18.9 Å². The minimum atomic E-state index is -0.881. The molecule has 1 saturated heterocycles. The molecular weight excluding hydrogens is 394 g/mol. The number of hydrogen-bond donors (Lipinski definition) is 1. The lowest BCUT2D eigenvalue weighted by molar-refractivity contribution is -0.144. The maximum absolute atomic E-state index is 12.6. The van der Waals surface area contributed by atoms with Crippen LogP contribution in [0.5, 0.6) is 0 Å². The summed E-state index contributed by atoms with van der Waals surface area (Å²) >= 11 is 1.71. The number of nitrogens with zero attached hydrogens (tertiary/aromatic N) is 2. The van der Waals surface area contributed by atoms with Gasteiger partial charge >= 0.3 is 18.0 Å². The number of thiazole rings is 1. The molecule has 8 nitrogen and oxygen atoms in total. The van der Waals surface area contributed by atoms with Crippen molar-refractivity contribution < 1.29 is 23.9 Å². The molecule has 1 atom stereocenters. The van der Waals surface area contributed by atoms with Crippen molar-refractivity contribution >= 4 is 39.5 Å². The normalized spacial score (nSPS) is 15.7. The van der Waals surface area contributed by atoms with Gasteiger partial charge in [-0.15, -0.1) is 11.3 Å². The molecule has 156 valence electrons. The number of amides is 2. The Morgan fingerprint density at radius 2 is 1.93 bits per heavy atom. The van der Waals surface area contributed by atoms with E-state index in [4.69, 9.17) is 9.72 Å². The second-order valence-electron chi connectivity index (χ2n) is 6.92. The molecular formula is C20H25N3O5S. The molecule has 2 amide bonds. The Morgan fingerprint density at radius 1 is 1.21 bits per heavy atom. The molecule has 0 unspecified atom stereocenters. The Morgan fingerprint density at radius 3 is 2.59 bits per heavy atom. The van der Waals surface area contributed by atoms with E-state index in [1.54, 1.807) is 16.2 Å². The van der Waals surface area contributed by atoms with Crippen molar-refractivity contribution in [2.75, 3.05) is 27.3 Å². The lowest BCUT2D eigenvalue weighted by Crippen LogP contribution is -2.50. The zero-order chi connectivity index (χ0) is 20.8. The Labute approximate surface area is 173 Å². The number of hydrogen-bond acceptors (Lipinski definition) is 7. The van der Waals surface area contributed by atoms with Crippen LogP contribution in [-0.4, -0.2) is 61.2 Å². The second kappa shape index (κ2) is 9.69. The van der Waals surface area contributed by atoms with Crippen LogP contribution in [0.4, 0.5) is 4.79 Å². The SMILES string of the molecule is COC(=O)CC[C@@H](NC(=O)N1CCC(c2nc3ccccc3s2)CC1)C(=O)OC. The van der Waals surface area contributed by atoms with Gasteiger partial charge < -0.3 is 19.7 Å². The predicted molar refractivity (Wildman–Crippen MR) is 109 cm³/mol. The monoisotopic (exact) mass is 419 g/mol. The number of esters is 2. The molecule has 0 spiro atoms. The Hall–Kier alpha value is -2.68. The van der Waals surface area contributed by atoms with E-state index in [1.807, 2.05) is 18.2 Å². The highest BCUT2D eigenvalue weighted by atomic mass is 32.1. The number of rotatable bonds is 6. The molecule has 1 fully saturated rings. The van der Waals surface area contributed by atoms with Crippen molar-refractivity contribution in [3.05, 3.63) is 29.3 Å². The van der Waals surface area contributed by atoms with Crippen LogP contribution in [0.3, 0.4) is 0 Å². The molecule has 0 radical (unpaired) electrons. The fourth-order valence-corrected chi connectivity index (χ4v) is 4.53. The van der Waals surface area contributed by atoms with Crippen LogP contribution in [-0.2, 0) is 19.1 Å². The molecule has 3 rings (SSSR count). The largest absolute Gasteiger partial charge is 0.469 e. The van der Waals surface area contributed by atoms with Gasteiger partial charge in [-0.05, 0) is 31.4 Å². The second-order valence-corrected chi connectivity index (χ2v) is 7.98. The highest BCUT2D eigenvalue weighted by Gasteiger charge is 2.29. The summed E-state index contributed by atoms with van der Waals surface area (Å²) in [6.07, 6.45) is 1.79. The summed E-state index contributed by atoms with van der Waals surface area (Å²) in [7, 11) is 2.53. The molecule has 0 aliphatic carbocycles. The number of carbonyl (C=O) groups is 3. The van der Waals surface area contributed by atoms with Gasteiger partial charge in [-0.25, -0.2) is 14.6 Å². The van der Waals surface area contributed by atoms with E-state index in [1.165, 1.54) is 18.9 Å². The average Bonchev–Trinajstić information content (AvgIpc) is 3.20. The Kier molecular flexibility index (Phi) is 7.03. The standard InChI is InChI=1S/C20H25N3O5S/c1-27-17(24)8-7-15(19(25)28-2)22-20(26)23-11-9-13(10-12-23)18-21-14-5-3-4-6-16(14)29-18/h3-6,13,15H,7-12H2,1-2H3,(H,22,26)/t15-/m1/s1. The van der Waals surface area contributed by atoms with Crippen molar-refractivity contribution in [3.63, 3.8) is 0 Å². The summed E-state index contributed by atoms with van der Waals surface area (Å²) in [4.78, 5) is 42.3. The van der Waals surface area contributed by atoms with Crippen molar-refractivity contribution in [2.45, 2.75) is 37.6 Å². The number of ether oxygens (including phenoxy) is 2. The molecule has 1 aliphatic heterocycles. The zero-order valence-corrected chi connectivity index (χ0v) is 17.4. The quantitative estimate of drug-likeness (QED) is 0.723. The molecule has 1 aromatic carbocycles. The van der Waals surface area contributed by atoms with Crippen LogP contribution in [0.15, 0.2) is 24.3 Å². The van der Waals surface area contributed by atoms with Gasteiger partial charge in [0, 0.05) is 25.4 Å². The number of methoxy groups -OCH3 is 2. The number of urea groups is 1. The van der Waals surface area contributed by atoms with E-state index in [0.717, 1.165) is 23.4 Å². The van der Waals surface area contributed by atoms with Crippen molar-refractivity contribution in [1.82, 2.24) is 15.2 Å². The topological polar surface area (TPSA) is 97.8 Å². The van der Waals surface area contributed by atoms with E-state index >= 15 is 0 Å². The van der Waals surface area contributed by atoms with E-state index < -0.39 is 18.0 Å². The van der Waals surface area contributed by atoms with Crippen molar-refractivity contribution in [1.29, 1.82) is 0 Å². The summed E-state index contributed by atoms with van der Waals surface area (Å²) in [5.74, 6) is -0.691. The first kappa shape index (κ1) is 21.0. The highest BCUT2D eigenvalue weighted by molar-refractivity contribution is 7.18. The zero-order valence-electron chi connectivity index (χ0n) is 16.6. The fourth-order valence-electron chi connectivity index (χ4n) is 3.39. The van der Waals surface area contributed by atoms with Gasteiger partial charge in [-0.3, -0.25) is 4.79 Å². The number of likely N-dealkylation sites (tertiary alicyclic amines) is 1. The van der Waals surface area contributed by atoms with Gasteiger partial charge in [0.2, 0.25) is 0 Å². The molecule has 2 aromatic rings. The fraction of sp³-hybridized carbons (Fsp3) is 0.500. The molecule has 29 heavy (non-hydrogen) atoms. The molecule has 9 heteroatoms. The van der Waals surface area contributed by atoms with Crippen molar-refractivity contribution in [3.8, 4) is 0 Å². The predicted octanol–water partition coefficient (Wildman–Crippen LogP) is 2.68. The van der Waals surface area contributed by atoms with E-state index in [9.17, 15) is 14.4 Å². The third kappa shape index (κ3) is 5.23. The maximum Gasteiger partial charge on any atom is 0.328 e. The summed E-state index contributed by atoms with van der Waals surface area (Å²) in [6, 6.07) is 6.87. The van der Waals surface area contributed by atoms with Crippen LogP contribution < -0.4 is 5.32 Å². The van der Waals surface area contributed by atoms with Gasteiger partial charge in [0.1, 0.15) is 6.04 Å². The number of para-hydroxylation sites is 1. The third-order valence-corrected chi connectivity index (χ3v) is 6.29. The van der Waals surface area contributed by atoms with Crippen LogP contribution in [0.2, 0.25) is 0 Å². The number of benzene rings is 1. The number of piperidine rings is 1. The smallest absolute Gasteiger partial charge is 0.328 e. The Balaban J connectivity index is 1.55. The maximum atomic E-state index is 12.6. The van der Waals surface area contributed by atoms with E-state index in [0.29, 0.717) is 19.0 Å². The number of fused-ring (bicyclic) bond motifs is 1. The minimum Gasteiger partial charge on any atom is -0.469 e. The van der Waals surface area contributed by atoms with Gasteiger partial charge in [0.15, 0.2) is 0 Å². The number of nitrogens with one attached hydrogen (secondary N) is 1. The van der Waals surface area contributed by atoms with Crippen LogP contribution in [0.1, 0.15) is 36.6 Å². The van der Waals surface area contributed by atoms with Crippen LogP contribution in [0, 0.1) is 0 Å². The first-order valence-electron chi connectivity index (χ1n) is 9.57. The molecule has 1 N–H and O–H groups in total. The van der Waals surface area contributed by atoms with Crippen LogP contribution >= 0.6 is 11.3 Å². The van der Waals surface area contributed by atoms with Crippen LogP contribution in [0.25, 0.3) is 10.2 Å². The van der Waals surface area contributed by atoms with Crippen molar-refractivity contribution in [2.24, 2.45) is 0 Å². The molecule has 0 saturated carbocycles. The summed E-state index contributed by atoms with van der Waals surface area (Å²) in [5, 5.41) is 3.79. The van der Waals surface area contributed by atoms with Gasteiger partial charge in [0.25, 0.3) is 0 Å². The van der Waals surface area contributed by atoms with Gasteiger partial charge in [-0.2, -0.15) is 0 Å². The van der Waals surface area contributed by atoms with Gasteiger partial charge in [-0.1, -0.05) is 12.1 Å². The molecule has 1 aromatic heterocycles. The van der Waals surface area contributed by atoms with Gasteiger partial charge in [0.05, 0.1) is 29.4 Å². The lowest BCUT2D eigenvalue weighted by Gasteiger charge is -2.32. The molecule has 2 heterocycles. The first-order chi connectivity index (χ1) is 14.0. The highest BCUT2D eigenvalue weighted by Crippen LogP contribution is 2.33. The van der Waals surface area contributed by atoms with E-state index in [2.05, 4.69) is 16.1 Å². The number of carbonyl (C=O) groups excluding carboxylic acids is 3.